The van der Waals surface area contributed by atoms with Crippen LogP contribution < -0.4 is 0 Å². The highest BCUT2D eigenvalue weighted by atomic mass is 19.4. The molecular formula is C10H15F3N2. The Hall–Kier alpha value is -1.00. The molecule has 0 fully saturated rings. The first-order valence-electron chi connectivity index (χ1n) is 4.66. The quantitative estimate of drug-likeness (QED) is 0.657. The van der Waals surface area contributed by atoms with Gasteiger partial charge in [-0.15, -0.1) is 0 Å². The van der Waals surface area contributed by atoms with Crippen LogP contribution in [0.1, 0.15) is 38.0 Å². The van der Waals surface area contributed by atoms with Crippen LogP contribution in [0.15, 0.2) is 0 Å². The van der Waals surface area contributed by atoms with Crippen molar-refractivity contribution in [2.75, 3.05) is 0 Å². The second-order valence-corrected chi connectivity index (χ2v) is 4.68. The molecule has 1 rings (SSSR count). The molecule has 0 amide bonds. The van der Waals surface area contributed by atoms with Crippen LogP contribution in [0.4, 0.5) is 13.2 Å². The van der Waals surface area contributed by atoms with Crippen LogP contribution in [0, 0.1) is 6.92 Å². The molecule has 2 nitrogen and oxygen atoms in total. The van der Waals surface area contributed by atoms with Gasteiger partial charge in [-0.2, -0.15) is 13.2 Å². The SMILES string of the molecule is Cc1c(C(F)(F)F)nc(C(C)(C)C)n1C. The summed E-state index contributed by atoms with van der Waals surface area (Å²) < 4.78 is 39.2. The van der Waals surface area contributed by atoms with Crippen molar-refractivity contribution in [1.82, 2.24) is 9.55 Å². The van der Waals surface area contributed by atoms with Gasteiger partial charge in [0.1, 0.15) is 5.82 Å². The number of rotatable bonds is 0. The van der Waals surface area contributed by atoms with Gasteiger partial charge in [-0.25, -0.2) is 4.98 Å². The highest BCUT2D eigenvalue weighted by Crippen LogP contribution is 2.33. The lowest BCUT2D eigenvalue weighted by atomic mass is 9.96. The Morgan fingerprint density at radius 3 is 1.80 bits per heavy atom. The van der Waals surface area contributed by atoms with Gasteiger partial charge < -0.3 is 4.57 Å². The van der Waals surface area contributed by atoms with Crippen molar-refractivity contribution in [2.24, 2.45) is 7.05 Å². The minimum absolute atomic E-state index is 0.160. The highest BCUT2D eigenvalue weighted by molar-refractivity contribution is 5.21. The summed E-state index contributed by atoms with van der Waals surface area (Å²) in [5.41, 5.74) is -1.01. The highest BCUT2D eigenvalue weighted by Gasteiger charge is 2.38. The first-order valence-corrected chi connectivity index (χ1v) is 4.66. The summed E-state index contributed by atoms with van der Waals surface area (Å²) in [7, 11) is 1.61. The maximum atomic E-state index is 12.6. The first-order chi connectivity index (χ1) is 6.55. The van der Waals surface area contributed by atoms with Gasteiger partial charge in [-0.3, -0.25) is 0 Å². The van der Waals surface area contributed by atoms with E-state index in [0.717, 1.165) is 0 Å². The van der Waals surface area contributed by atoms with Crippen LogP contribution >= 0.6 is 0 Å². The van der Waals surface area contributed by atoms with Crippen LogP contribution in [0.5, 0.6) is 0 Å². The number of halogens is 3. The fourth-order valence-electron chi connectivity index (χ4n) is 1.52. The van der Waals surface area contributed by atoms with Crippen molar-refractivity contribution >= 4 is 0 Å². The molecule has 0 saturated carbocycles. The number of alkyl halides is 3. The lowest BCUT2D eigenvalue weighted by Gasteiger charge is -2.17. The second kappa shape index (κ2) is 3.25. The van der Waals surface area contributed by atoms with E-state index >= 15 is 0 Å². The van der Waals surface area contributed by atoms with Crippen molar-refractivity contribution in [3.8, 4) is 0 Å². The average molecular weight is 220 g/mol. The van der Waals surface area contributed by atoms with Gasteiger partial charge in [0.25, 0.3) is 0 Å². The summed E-state index contributed by atoms with van der Waals surface area (Å²) in [6.45, 7) is 6.96. The van der Waals surface area contributed by atoms with Crippen LogP contribution in [0.2, 0.25) is 0 Å². The Labute approximate surface area is 87.1 Å². The third kappa shape index (κ3) is 2.16. The molecule has 1 aromatic heterocycles. The molecular weight excluding hydrogens is 205 g/mol. The first kappa shape index (κ1) is 12.1. The number of aromatic nitrogens is 2. The smallest absolute Gasteiger partial charge is 0.334 e. The zero-order valence-corrected chi connectivity index (χ0v) is 9.53. The summed E-state index contributed by atoms with van der Waals surface area (Å²) in [6, 6.07) is 0. The van der Waals surface area contributed by atoms with Gasteiger partial charge in [0.05, 0.1) is 0 Å². The number of hydrogen-bond donors (Lipinski definition) is 0. The molecule has 1 aromatic rings. The van der Waals surface area contributed by atoms with E-state index in [2.05, 4.69) is 4.98 Å². The maximum absolute atomic E-state index is 12.6. The summed E-state index contributed by atoms with van der Waals surface area (Å²) in [6.07, 6.45) is -4.37. The minimum atomic E-state index is -4.37. The molecule has 0 atom stereocenters. The predicted octanol–water partition coefficient (Wildman–Crippen LogP) is 3.04. The van der Waals surface area contributed by atoms with Gasteiger partial charge >= 0.3 is 6.18 Å². The second-order valence-electron chi connectivity index (χ2n) is 4.68. The zero-order valence-electron chi connectivity index (χ0n) is 9.53. The molecule has 15 heavy (non-hydrogen) atoms. The van der Waals surface area contributed by atoms with Gasteiger partial charge in [-0.1, -0.05) is 20.8 Å². The standard InChI is InChI=1S/C10H15F3N2/c1-6-7(10(11,12)13)14-8(15(6)5)9(2,3)4/h1-5H3. The molecule has 0 aromatic carbocycles. The summed E-state index contributed by atoms with van der Waals surface area (Å²) in [5, 5.41) is 0. The van der Waals surface area contributed by atoms with Crippen LogP contribution in [-0.4, -0.2) is 9.55 Å². The van der Waals surface area contributed by atoms with Crippen molar-refractivity contribution in [3.05, 3.63) is 17.2 Å². The molecule has 0 unspecified atom stereocenters. The molecule has 0 aliphatic rings. The molecule has 0 radical (unpaired) electrons. The Kier molecular flexibility index (Phi) is 2.62. The van der Waals surface area contributed by atoms with E-state index < -0.39 is 11.9 Å². The van der Waals surface area contributed by atoms with Crippen molar-refractivity contribution in [2.45, 2.75) is 39.3 Å². The Bertz CT molecular complexity index is 335. The molecule has 0 aliphatic carbocycles. The summed E-state index contributed by atoms with van der Waals surface area (Å²) >= 11 is 0. The topological polar surface area (TPSA) is 17.8 Å². The number of nitrogens with zero attached hydrogens (tertiary/aromatic N) is 2. The van der Waals surface area contributed by atoms with E-state index in [4.69, 9.17) is 0 Å². The number of hydrogen-bond acceptors (Lipinski definition) is 1. The van der Waals surface area contributed by atoms with Crippen LogP contribution in [-0.2, 0) is 18.6 Å². The fourth-order valence-corrected chi connectivity index (χ4v) is 1.52. The van der Waals surface area contributed by atoms with E-state index in [0.29, 0.717) is 5.82 Å². The van der Waals surface area contributed by atoms with Crippen molar-refractivity contribution < 1.29 is 13.2 Å². The number of imidazole rings is 1. The normalized spacial score (nSPS) is 13.3. The van der Waals surface area contributed by atoms with Crippen LogP contribution in [0.3, 0.4) is 0 Å². The Balaban J connectivity index is 3.38. The van der Waals surface area contributed by atoms with E-state index in [-0.39, 0.29) is 11.1 Å². The largest absolute Gasteiger partial charge is 0.435 e. The van der Waals surface area contributed by atoms with E-state index in [1.807, 2.05) is 20.8 Å². The van der Waals surface area contributed by atoms with Gasteiger partial charge in [0.2, 0.25) is 0 Å². The summed E-state index contributed by atoms with van der Waals surface area (Å²) in [5.74, 6) is 0.451. The fraction of sp³-hybridized carbons (Fsp3) is 0.700. The van der Waals surface area contributed by atoms with Crippen molar-refractivity contribution in [3.63, 3.8) is 0 Å². The monoisotopic (exact) mass is 220 g/mol. The molecule has 0 bridgehead atoms. The maximum Gasteiger partial charge on any atom is 0.435 e. The molecule has 0 N–H and O–H groups in total. The van der Waals surface area contributed by atoms with E-state index in [1.54, 1.807) is 7.05 Å². The van der Waals surface area contributed by atoms with E-state index in [9.17, 15) is 13.2 Å². The van der Waals surface area contributed by atoms with Gasteiger partial charge in [0, 0.05) is 18.2 Å². The van der Waals surface area contributed by atoms with Crippen molar-refractivity contribution in [1.29, 1.82) is 0 Å². The zero-order chi connectivity index (χ0) is 12.0. The molecule has 0 spiro atoms. The molecule has 0 aliphatic heterocycles. The lowest BCUT2D eigenvalue weighted by Crippen LogP contribution is -2.17. The molecule has 86 valence electrons. The third-order valence-electron chi connectivity index (χ3n) is 2.32. The van der Waals surface area contributed by atoms with Gasteiger partial charge in [-0.05, 0) is 6.92 Å². The van der Waals surface area contributed by atoms with Gasteiger partial charge in [0.15, 0.2) is 5.69 Å². The molecule has 5 heteroatoms. The minimum Gasteiger partial charge on any atom is -0.334 e. The molecule has 0 saturated heterocycles. The average Bonchev–Trinajstić information content (AvgIpc) is 2.26. The summed E-state index contributed by atoms with van der Waals surface area (Å²) in [4.78, 5) is 3.69. The van der Waals surface area contributed by atoms with Crippen LogP contribution in [0.25, 0.3) is 0 Å². The Morgan fingerprint density at radius 1 is 1.13 bits per heavy atom. The molecule has 1 heterocycles. The van der Waals surface area contributed by atoms with E-state index in [1.165, 1.54) is 11.5 Å². The lowest BCUT2D eigenvalue weighted by molar-refractivity contribution is -0.141. The third-order valence-corrected chi connectivity index (χ3v) is 2.32. The Morgan fingerprint density at radius 2 is 1.60 bits per heavy atom. The predicted molar refractivity (Wildman–Crippen MR) is 51.6 cm³/mol.